The van der Waals surface area contributed by atoms with Gasteiger partial charge in [0.2, 0.25) is 0 Å². The molecule has 0 aliphatic heterocycles. The third-order valence-electron chi connectivity index (χ3n) is 4.17. The van der Waals surface area contributed by atoms with Gasteiger partial charge in [0.15, 0.2) is 11.5 Å². The molecule has 3 rings (SSSR count). The lowest BCUT2D eigenvalue weighted by molar-refractivity contribution is 0.280. The van der Waals surface area contributed by atoms with E-state index in [0.29, 0.717) is 36.2 Å². The highest BCUT2D eigenvalue weighted by molar-refractivity contribution is 6.31. The molecule has 6 heteroatoms. The Morgan fingerprint density at radius 2 is 1.61 bits per heavy atom. The Balaban J connectivity index is 0.00000280. The molecule has 0 aliphatic rings. The fraction of sp³-hybridized carbons (Fsp3) is 0.182. The number of halogens is 3. The van der Waals surface area contributed by atoms with Gasteiger partial charge in [-0.1, -0.05) is 54.1 Å². The van der Waals surface area contributed by atoms with Gasteiger partial charge in [-0.2, -0.15) is 0 Å². The summed E-state index contributed by atoms with van der Waals surface area (Å²) in [6.07, 6.45) is 0. The van der Waals surface area contributed by atoms with Crippen LogP contribution in [0.5, 0.6) is 11.5 Å². The van der Waals surface area contributed by atoms with E-state index in [9.17, 15) is 4.39 Å². The van der Waals surface area contributed by atoms with E-state index in [1.807, 2.05) is 42.5 Å². The summed E-state index contributed by atoms with van der Waals surface area (Å²) in [5, 5.41) is 4.02. The van der Waals surface area contributed by atoms with Gasteiger partial charge in [0, 0.05) is 29.2 Å². The second-order valence-corrected chi connectivity index (χ2v) is 6.47. The minimum Gasteiger partial charge on any atom is -0.493 e. The van der Waals surface area contributed by atoms with Crippen molar-refractivity contribution in [2.45, 2.75) is 19.7 Å². The predicted octanol–water partition coefficient (Wildman–Crippen LogP) is 5.78. The highest BCUT2D eigenvalue weighted by atomic mass is 35.5. The Kier molecular flexibility index (Phi) is 8.58. The van der Waals surface area contributed by atoms with Gasteiger partial charge in [-0.05, 0) is 29.8 Å². The van der Waals surface area contributed by atoms with Crippen LogP contribution in [0.4, 0.5) is 4.39 Å². The first-order valence-corrected chi connectivity index (χ1v) is 9.02. The molecule has 0 atom stereocenters. The van der Waals surface area contributed by atoms with Gasteiger partial charge in [-0.15, -0.1) is 12.4 Å². The van der Waals surface area contributed by atoms with E-state index in [1.54, 1.807) is 19.2 Å². The summed E-state index contributed by atoms with van der Waals surface area (Å²) in [5.74, 6) is 1.12. The molecule has 0 radical (unpaired) electrons. The molecule has 28 heavy (non-hydrogen) atoms. The first kappa shape index (κ1) is 22.0. The summed E-state index contributed by atoms with van der Waals surface area (Å²) in [7, 11) is 1.62. The molecule has 0 aromatic heterocycles. The molecule has 1 N–H and O–H groups in total. The van der Waals surface area contributed by atoms with Crippen LogP contribution >= 0.6 is 24.0 Å². The summed E-state index contributed by atoms with van der Waals surface area (Å²) in [4.78, 5) is 0. The molecule has 0 saturated heterocycles. The normalized spacial score (nSPS) is 10.2. The Hall–Kier alpha value is -2.27. The third kappa shape index (κ3) is 5.86. The smallest absolute Gasteiger partial charge is 0.166 e. The number of methoxy groups -OCH3 is 1. The van der Waals surface area contributed by atoms with E-state index in [0.717, 1.165) is 16.7 Å². The molecule has 0 unspecified atom stereocenters. The SMILES string of the molecule is COc1cccc(CNCc2ccc(F)cc2)c1OCc1ccccc1Cl.Cl. The van der Waals surface area contributed by atoms with Crippen LogP contribution in [0.15, 0.2) is 66.7 Å². The van der Waals surface area contributed by atoms with Gasteiger partial charge in [-0.3, -0.25) is 0 Å². The highest BCUT2D eigenvalue weighted by Gasteiger charge is 2.11. The third-order valence-corrected chi connectivity index (χ3v) is 4.54. The van der Waals surface area contributed by atoms with E-state index < -0.39 is 0 Å². The van der Waals surface area contributed by atoms with E-state index in [-0.39, 0.29) is 18.2 Å². The fourth-order valence-corrected chi connectivity index (χ4v) is 2.92. The van der Waals surface area contributed by atoms with Crippen LogP contribution in [0.25, 0.3) is 0 Å². The summed E-state index contributed by atoms with van der Waals surface area (Å²) < 4.78 is 24.5. The van der Waals surface area contributed by atoms with Gasteiger partial charge >= 0.3 is 0 Å². The van der Waals surface area contributed by atoms with Crippen LogP contribution in [0.3, 0.4) is 0 Å². The van der Waals surface area contributed by atoms with Crippen LogP contribution in [-0.2, 0) is 19.7 Å². The van der Waals surface area contributed by atoms with E-state index in [4.69, 9.17) is 21.1 Å². The number of ether oxygens (including phenoxy) is 2. The monoisotopic (exact) mass is 421 g/mol. The Bertz CT molecular complexity index is 888. The van der Waals surface area contributed by atoms with Crippen LogP contribution in [-0.4, -0.2) is 7.11 Å². The molecule has 0 amide bonds. The maximum Gasteiger partial charge on any atom is 0.166 e. The largest absolute Gasteiger partial charge is 0.493 e. The van der Waals surface area contributed by atoms with E-state index >= 15 is 0 Å². The predicted molar refractivity (Wildman–Crippen MR) is 113 cm³/mol. The first-order valence-electron chi connectivity index (χ1n) is 8.64. The highest BCUT2D eigenvalue weighted by Crippen LogP contribution is 2.32. The summed E-state index contributed by atoms with van der Waals surface area (Å²) in [5.41, 5.74) is 2.90. The number of benzene rings is 3. The van der Waals surface area contributed by atoms with Gasteiger partial charge in [0.25, 0.3) is 0 Å². The van der Waals surface area contributed by atoms with Crippen LogP contribution in [0, 0.1) is 5.82 Å². The zero-order valence-electron chi connectivity index (χ0n) is 15.5. The molecule has 0 fully saturated rings. The molecule has 3 aromatic carbocycles. The quantitative estimate of drug-likeness (QED) is 0.499. The number of rotatable bonds is 8. The number of hydrogen-bond donors (Lipinski definition) is 1. The molecule has 0 spiro atoms. The molecule has 0 saturated carbocycles. The Morgan fingerprint density at radius 1 is 0.893 bits per heavy atom. The topological polar surface area (TPSA) is 30.5 Å². The van der Waals surface area contributed by atoms with Crippen molar-refractivity contribution in [2.75, 3.05) is 7.11 Å². The number of para-hydroxylation sites is 1. The van der Waals surface area contributed by atoms with Crippen molar-refractivity contribution in [3.8, 4) is 11.5 Å². The Morgan fingerprint density at radius 3 is 2.32 bits per heavy atom. The minimum atomic E-state index is -0.234. The standard InChI is InChI=1S/C22H21ClFNO2.ClH/c1-26-21-8-4-6-17(14-25-13-16-9-11-19(24)12-10-16)22(21)27-15-18-5-2-3-7-20(18)23;/h2-12,25H,13-15H2,1H3;1H. The van der Waals surface area contributed by atoms with Crippen LogP contribution < -0.4 is 14.8 Å². The van der Waals surface area contributed by atoms with Crippen molar-refractivity contribution in [3.63, 3.8) is 0 Å². The van der Waals surface area contributed by atoms with Crippen molar-refractivity contribution in [3.05, 3.63) is 94.3 Å². The zero-order valence-corrected chi connectivity index (χ0v) is 17.0. The average Bonchev–Trinajstić information content (AvgIpc) is 2.69. The summed E-state index contributed by atoms with van der Waals surface area (Å²) >= 11 is 6.22. The molecular weight excluding hydrogens is 400 g/mol. The molecule has 3 aromatic rings. The van der Waals surface area contributed by atoms with Crippen molar-refractivity contribution in [1.29, 1.82) is 0 Å². The number of hydrogen-bond acceptors (Lipinski definition) is 3. The minimum absolute atomic E-state index is 0. The van der Waals surface area contributed by atoms with Crippen molar-refractivity contribution < 1.29 is 13.9 Å². The molecular formula is C22H22Cl2FNO2. The van der Waals surface area contributed by atoms with Crippen LogP contribution in [0.2, 0.25) is 5.02 Å². The Labute approximate surface area is 175 Å². The molecule has 0 heterocycles. The van der Waals surface area contributed by atoms with Crippen molar-refractivity contribution >= 4 is 24.0 Å². The maximum absolute atomic E-state index is 13.0. The molecule has 148 valence electrons. The van der Waals surface area contributed by atoms with Gasteiger partial charge in [0.05, 0.1) is 7.11 Å². The van der Waals surface area contributed by atoms with E-state index in [1.165, 1.54) is 12.1 Å². The van der Waals surface area contributed by atoms with Crippen molar-refractivity contribution in [2.24, 2.45) is 0 Å². The van der Waals surface area contributed by atoms with Crippen molar-refractivity contribution in [1.82, 2.24) is 5.32 Å². The van der Waals surface area contributed by atoms with Gasteiger partial charge in [0.1, 0.15) is 12.4 Å². The molecule has 3 nitrogen and oxygen atoms in total. The van der Waals surface area contributed by atoms with Gasteiger partial charge in [-0.25, -0.2) is 4.39 Å². The molecule has 0 bridgehead atoms. The van der Waals surface area contributed by atoms with E-state index in [2.05, 4.69) is 5.32 Å². The second kappa shape index (κ2) is 10.9. The fourth-order valence-electron chi connectivity index (χ4n) is 2.73. The number of nitrogens with one attached hydrogen (secondary N) is 1. The first-order chi connectivity index (χ1) is 13.2. The zero-order chi connectivity index (χ0) is 19.1. The average molecular weight is 422 g/mol. The summed E-state index contributed by atoms with van der Waals surface area (Å²) in [6, 6.07) is 19.8. The lowest BCUT2D eigenvalue weighted by atomic mass is 10.1. The molecule has 0 aliphatic carbocycles. The van der Waals surface area contributed by atoms with Crippen LogP contribution in [0.1, 0.15) is 16.7 Å². The summed E-state index contributed by atoms with van der Waals surface area (Å²) in [6.45, 7) is 1.57. The second-order valence-electron chi connectivity index (χ2n) is 6.06. The van der Waals surface area contributed by atoms with Gasteiger partial charge < -0.3 is 14.8 Å². The lowest BCUT2D eigenvalue weighted by Crippen LogP contribution is -2.14. The lowest BCUT2D eigenvalue weighted by Gasteiger charge is -2.16. The maximum atomic E-state index is 13.0.